The molecule has 2 aromatic heterocycles. The van der Waals surface area contributed by atoms with Crippen molar-refractivity contribution in [2.75, 3.05) is 0 Å². The average Bonchev–Trinajstić information content (AvgIpc) is 2.60. The van der Waals surface area contributed by atoms with Gasteiger partial charge in [0.15, 0.2) is 5.65 Å². The molecule has 0 radical (unpaired) electrons. The Kier molecular flexibility index (Phi) is 3.43. The molecule has 17 heavy (non-hydrogen) atoms. The number of hydrogen-bond acceptors (Lipinski definition) is 3. The van der Waals surface area contributed by atoms with Crippen LogP contribution in [0.5, 0.6) is 0 Å². The van der Waals surface area contributed by atoms with Gasteiger partial charge in [0.1, 0.15) is 5.82 Å². The number of imidazole rings is 1. The molecule has 2 aromatic rings. The van der Waals surface area contributed by atoms with E-state index in [1.54, 1.807) is 6.92 Å². The number of aliphatic hydroxyl groups is 1. The summed E-state index contributed by atoms with van der Waals surface area (Å²) in [5, 5.41) is 9.39. The van der Waals surface area contributed by atoms with Gasteiger partial charge in [-0.3, -0.25) is 0 Å². The third kappa shape index (κ3) is 2.64. The predicted octanol–water partition coefficient (Wildman–Crippen LogP) is 2.14. The summed E-state index contributed by atoms with van der Waals surface area (Å²) in [4.78, 5) is 12.3. The van der Waals surface area contributed by atoms with Gasteiger partial charge in [0.25, 0.3) is 0 Å². The molecule has 0 saturated carbocycles. The second kappa shape index (κ2) is 4.84. The van der Waals surface area contributed by atoms with Gasteiger partial charge < -0.3 is 10.1 Å². The highest BCUT2D eigenvalue weighted by molar-refractivity contribution is 5.74. The van der Waals surface area contributed by atoms with Crippen LogP contribution in [0.25, 0.3) is 11.2 Å². The highest BCUT2D eigenvalue weighted by Crippen LogP contribution is 2.17. The molecule has 1 unspecified atom stereocenters. The molecule has 0 bridgehead atoms. The average molecular weight is 233 g/mol. The maximum absolute atomic E-state index is 9.39. The van der Waals surface area contributed by atoms with E-state index in [0.717, 1.165) is 41.1 Å². The number of aliphatic hydroxyl groups excluding tert-OH is 1. The minimum Gasteiger partial charge on any atom is -0.393 e. The second-order valence-electron chi connectivity index (χ2n) is 4.62. The van der Waals surface area contributed by atoms with Crippen LogP contribution in [0.4, 0.5) is 0 Å². The maximum Gasteiger partial charge on any atom is 0.178 e. The van der Waals surface area contributed by atoms with E-state index < -0.39 is 0 Å². The first-order valence-corrected chi connectivity index (χ1v) is 6.13. The summed E-state index contributed by atoms with van der Waals surface area (Å²) in [5.74, 6) is 0.993. The molecule has 0 saturated heterocycles. The summed E-state index contributed by atoms with van der Waals surface area (Å²) < 4.78 is 0. The van der Waals surface area contributed by atoms with Gasteiger partial charge in [-0.15, -0.1) is 0 Å². The summed E-state index contributed by atoms with van der Waals surface area (Å²) in [6.07, 6.45) is 2.22. The van der Waals surface area contributed by atoms with E-state index in [-0.39, 0.29) is 6.10 Å². The van der Waals surface area contributed by atoms with E-state index >= 15 is 0 Å². The quantitative estimate of drug-likeness (QED) is 0.850. The minimum absolute atomic E-state index is 0.367. The number of nitrogens with zero attached hydrogens (tertiary/aromatic N) is 2. The normalized spacial score (nSPS) is 13.2. The Labute approximate surface area is 101 Å². The van der Waals surface area contributed by atoms with Crippen molar-refractivity contribution in [3.05, 3.63) is 23.1 Å². The van der Waals surface area contributed by atoms with Gasteiger partial charge in [0, 0.05) is 18.5 Å². The van der Waals surface area contributed by atoms with E-state index in [0.29, 0.717) is 6.42 Å². The van der Waals surface area contributed by atoms with Crippen molar-refractivity contribution in [2.24, 2.45) is 0 Å². The molecule has 1 atom stereocenters. The first kappa shape index (κ1) is 12.0. The van der Waals surface area contributed by atoms with Crippen molar-refractivity contribution in [3.8, 4) is 0 Å². The second-order valence-corrected chi connectivity index (χ2v) is 4.62. The Morgan fingerprint density at radius 3 is 2.82 bits per heavy atom. The molecular formula is C13H19N3O. The fourth-order valence-corrected chi connectivity index (χ4v) is 2.02. The van der Waals surface area contributed by atoms with Crippen molar-refractivity contribution in [3.63, 3.8) is 0 Å². The number of H-pyrrole nitrogens is 1. The molecule has 2 heterocycles. The summed E-state index contributed by atoms with van der Waals surface area (Å²) in [7, 11) is 0. The van der Waals surface area contributed by atoms with Crippen molar-refractivity contribution in [1.82, 2.24) is 15.0 Å². The lowest BCUT2D eigenvalue weighted by Gasteiger charge is -2.04. The molecule has 0 aliphatic carbocycles. The SMILES string of the molecule is CCCc1nc2nc(CC(C)O)cc(C)c2[nH]1. The summed E-state index contributed by atoms with van der Waals surface area (Å²) in [5.41, 5.74) is 3.83. The molecule has 0 aliphatic rings. The van der Waals surface area contributed by atoms with Gasteiger partial charge >= 0.3 is 0 Å². The maximum atomic E-state index is 9.39. The van der Waals surface area contributed by atoms with Crippen molar-refractivity contribution < 1.29 is 5.11 Å². The number of nitrogens with one attached hydrogen (secondary N) is 1. The van der Waals surface area contributed by atoms with Crippen LogP contribution >= 0.6 is 0 Å². The Morgan fingerprint density at radius 1 is 1.41 bits per heavy atom. The number of aromatic nitrogens is 3. The Bertz CT molecular complexity index is 517. The standard InChI is InChI=1S/C13H19N3O/c1-4-5-11-15-12-8(2)6-10(7-9(3)17)14-13(12)16-11/h6,9,17H,4-5,7H2,1-3H3,(H,14,15,16). The van der Waals surface area contributed by atoms with E-state index in [1.807, 2.05) is 13.0 Å². The summed E-state index contributed by atoms with van der Waals surface area (Å²) in [6, 6.07) is 2.02. The molecule has 0 aromatic carbocycles. The number of aromatic amines is 1. The number of hydrogen-bond donors (Lipinski definition) is 2. The lowest BCUT2D eigenvalue weighted by atomic mass is 10.1. The monoisotopic (exact) mass is 233 g/mol. The van der Waals surface area contributed by atoms with Gasteiger partial charge in [0.05, 0.1) is 11.6 Å². The number of pyridine rings is 1. The molecule has 2 N–H and O–H groups in total. The molecule has 0 amide bonds. The number of aryl methyl sites for hydroxylation is 2. The highest BCUT2D eigenvalue weighted by Gasteiger charge is 2.09. The summed E-state index contributed by atoms with van der Waals surface area (Å²) in [6.45, 7) is 5.95. The fourth-order valence-electron chi connectivity index (χ4n) is 2.02. The molecule has 0 fully saturated rings. The van der Waals surface area contributed by atoms with Crippen LogP contribution in [-0.4, -0.2) is 26.2 Å². The van der Waals surface area contributed by atoms with Crippen LogP contribution in [0.2, 0.25) is 0 Å². The van der Waals surface area contributed by atoms with Crippen LogP contribution < -0.4 is 0 Å². The predicted molar refractivity (Wildman–Crippen MR) is 68.0 cm³/mol. The third-order valence-corrected chi connectivity index (χ3v) is 2.75. The molecule has 4 nitrogen and oxygen atoms in total. The molecular weight excluding hydrogens is 214 g/mol. The first-order valence-electron chi connectivity index (χ1n) is 6.13. The lowest BCUT2D eigenvalue weighted by Crippen LogP contribution is -2.06. The van der Waals surface area contributed by atoms with Crippen molar-refractivity contribution in [2.45, 2.75) is 46.1 Å². The molecule has 92 valence electrons. The van der Waals surface area contributed by atoms with E-state index in [1.165, 1.54) is 0 Å². The zero-order valence-electron chi connectivity index (χ0n) is 10.6. The Morgan fingerprint density at radius 2 is 2.18 bits per heavy atom. The van der Waals surface area contributed by atoms with Gasteiger partial charge in [0.2, 0.25) is 0 Å². The fraction of sp³-hybridized carbons (Fsp3) is 0.538. The third-order valence-electron chi connectivity index (χ3n) is 2.75. The topological polar surface area (TPSA) is 61.8 Å². The van der Waals surface area contributed by atoms with Crippen LogP contribution in [-0.2, 0) is 12.8 Å². The van der Waals surface area contributed by atoms with Crippen molar-refractivity contribution >= 4 is 11.2 Å². The van der Waals surface area contributed by atoms with Crippen LogP contribution in [0.3, 0.4) is 0 Å². The van der Waals surface area contributed by atoms with Gasteiger partial charge in [-0.2, -0.15) is 0 Å². The Balaban J connectivity index is 2.42. The van der Waals surface area contributed by atoms with Crippen molar-refractivity contribution in [1.29, 1.82) is 0 Å². The highest BCUT2D eigenvalue weighted by atomic mass is 16.3. The summed E-state index contributed by atoms with van der Waals surface area (Å²) >= 11 is 0. The minimum atomic E-state index is -0.367. The smallest absolute Gasteiger partial charge is 0.178 e. The number of rotatable bonds is 4. The van der Waals surface area contributed by atoms with Crippen LogP contribution in [0.1, 0.15) is 37.4 Å². The van der Waals surface area contributed by atoms with Gasteiger partial charge in [-0.25, -0.2) is 9.97 Å². The first-order chi connectivity index (χ1) is 8.10. The molecule has 0 aliphatic heterocycles. The van der Waals surface area contributed by atoms with Gasteiger partial charge in [-0.1, -0.05) is 6.92 Å². The molecule has 0 spiro atoms. The largest absolute Gasteiger partial charge is 0.393 e. The van der Waals surface area contributed by atoms with E-state index in [2.05, 4.69) is 21.9 Å². The zero-order valence-corrected chi connectivity index (χ0v) is 10.6. The molecule has 2 rings (SSSR count). The van der Waals surface area contributed by atoms with E-state index in [9.17, 15) is 5.11 Å². The van der Waals surface area contributed by atoms with Crippen LogP contribution in [0.15, 0.2) is 6.07 Å². The van der Waals surface area contributed by atoms with Crippen LogP contribution in [0, 0.1) is 6.92 Å². The Hall–Kier alpha value is -1.42. The lowest BCUT2D eigenvalue weighted by molar-refractivity contribution is 0.194. The van der Waals surface area contributed by atoms with Gasteiger partial charge in [-0.05, 0) is 31.9 Å². The number of fused-ring (bicyclic) bond motifs is 1. The zero-order chi connectivity index (χ0) is 12.4. The van der Waals surface area contributed by atoms with E-state index in [4.69, 9.17) is 0 Å². The molecule has 4 heteroatoms.